The van der Waals surface area contributed by atoms with E-state index in [2.05, 4.69) is 114 Å². The second-order valence-corrected chi connectivity index (χ2v) is 38.1. The summed E-state index contributed by atoms with van der Waals surface area (Å²) >= 11 is 0. The predicted molar refractivity (Wildman–Crippen MR) is 496 cm³/mol. The van der Waals surface area contributed by atoms with Crippen LogP contribution >= 0.6 is 0 Å². The van der Waals surface area contributed by atoms with E-state index in [-0.39, 0.29) is 104 Å². The third-order valence-electron chi connectivity index (χ3n) is 24.5. The Balaban J connectivity index is 0.000000226. The molecule has 3 N–H and O–H groups in total. The molecule has 0 saturated carbocycles. The number of nitro benzene ring substituents is 2. The molecular formula is C99H114N10O19S2+2. The van der Waals surface area contributed by atoms with Crippen molar-refractivity contribution in [3.8, 4) is 0 Å². The largest absolute Gasteiger partial charge is 0.354 e. The lowest BCUT2D eigenvalue weighted by atomic mass is 9.81. The Morgan fingerprint density at radius 1 is 0.469 bits per heavy atom. The second kappa shape index (κ2) is 41.7. The van der Waals surface area contributed by atoms with Gasteiger partial charge in [0.1, 0.15) is 13.1 Å². The fourth-order valence-electron chi connectivity index (χ4n) is 17.5. The van der Waals surface area contributed by atoms with Crippen LogP contribution in [0.25, 0.3) is 0 Å². The molecule has 7 amide bonds. The predicted octanol–water partition coefficient (Wildman–Crippen LogP) is 16.0. The number of aryl methyl sites for hydroxylation is 4. The molecule has 29 nitrogen and oxygen atoms in total. The number of hydroxylamine groups is 2. The van der Waals surface area contributed by atoms with Crippen molar-refractivity contribution in [2.75, 3.05) is 55.6 Å². The van der Waals surface area contributed by atoms with Gasteiger partial charge in [-0.3, -0.25) is 72.7 Å². The molecule has 0 spiro atoms. The highest BCUT2D eigenvalue weighted by Crippen LogP contribution is 2.51. The number of rotatable bonds is 36. The third kappa shape index (κ3) is 23.1. The maximum absolute atomic E-state index is 12.5. The molecule has 31 heteroatoms. The lowest BCUT2D eigenvalue weighted by molar-refractivity contribution is -0.438. The maximum Gasteiger partial charge on any atom is 0.333 e. The van der Waals surface area contributed by atoms with E-state index in [1.165, 1.54) is 75.3 Å². The van der Waals surface area contributed by atoms with Crippen LogP contribution in [0, 0.1) is 34.1 Å². The van der Waals surface area contributed by atoms with Crippen LogP contribution in [0.15, 0.2) is 228 Å². The van der Waals surface area contributed by atoms with Crippen LogP contribution in [0.4, 0.5) is 34.1 Å². The minimum Gasteiger partial charge on any atom is -0.354 e. The molecular weight excluding hydrogens is 1700 g/mol. The standard InChI is InChI=1S/C47H53N5O8S.C45H50N4O9S.C7H9NO2/c1-33-17-23-39-37(31-33)46(2,3)41(50(39)29-12-13-34-18-20-35(21-19-34)52(56)57)14-8-6-9-15-42-47(4,5)38-32-36(61(58,59)60)22-24-40(38)49(42)28-11-7-10-16-43(53)48-27-30-51-44(54)25-26-45(51)55;1-31-17-23-37-35(29-31)44(2,3)39(47(37)28-12-13-32-18-20-33(21-19-32)49(53)54)14-8-6-9-15-40-45(4,5)36-30-34(59(55,56)57)22-24-38(36)46(40)27-11-7-10-16-43(52)58-48-41(50)25-26-42(48)51;1-2-5-8-6(9)3-4-7(8)10/h6,8-9,14-15,17-26,31-32H,7,10-13,16,27-30H2,1-5H3,(H-,48,53,58,59,60);6,8-9,14-15,17-24,29-30H,7,10-13,16,25-28H2,1-5H3;3-4H,2,5H2,1H3/p+2. The number of amides is 7. The molecule has 1 fully saturated rings. The molecule has 0 radical (unpaired) electrons. The number of hydrogen-bond donors (Lipinski definition) is 3. The van der Waals surface area contributed by atoms with Gasteiger partial charge in [0.2, 0.25) is 17.3 Å². The van der Waals surface area contributed by atoms with Gasteiger partial charge in [-0.05, 0) is 170 Å². The molecule has 0 aliphatic carbocycles. The Labute approximate surface area is 759 Å². The topological polar surface area (TPSA) is 375 Å². The fourth-order valence-corrected chi connectivity index (χ4v) is 18.5. The van der Waals surface area contributed by atoms with Crippen molar-refractivity contribution in [2.24, 2.45) is 0 Å². The van der Waals surface area contributed by atoms with Crippen LogP contribution in [-0.2, 0) is 97.9 Å². The monoisotopic (exact) mass is 1810 g/mol. The van der Waals surface area contributed by atoms with Gasteiger partial charge < -0.3 is 20.0 Å². The lowest BCUT2D eigenvalue weighted by Gasteiger charge is -2.27. The van der Waals surface area contributed by atoms with Crippen LogP contribution in [0.2, 0.25) is 0 Å². The zero-order valence-electron chi connectivity index (χ0n) is 75.4. The smallest absolute Gasteiger partial charge is 0.333 e. The van der Waals surface area contributed by atoms with Gasteiger partial charge in [-0.1, -0.05) is 131 Å². The van der Waals surface area contributed by atoms with Gasteiger partial charge in [0.05, 0.1) is 30.5 Å². The molecule has 0 aromatic heterocycles. The number of nitrogens with zero attached hydrogens (tertiary/aromatic N) is 9. The van der Waals surface area contributed by atoms with Crippen molar-refractivity contribution in [3.63, 3.8) is 0 Å². The van der Waals surface area contributed by atoms with Gasteiger partial charge in [0.15, 0.2) is 11.4 Å². The maximum atomic E-state index is 12.5. The van der Waals surface area contributed by atoms with E-state index in [1.807, 2.05) is 107 Å². The average molecular weight is 1810 g/mol. The van der Waals surface area contributed by atoms with Crippen molar-refractivity contribution < 1.29 is 88.1 Å². The summed E-state index contributed by atoms with van der Waals surface area (Å²) in [4.78, 5) is 127. The summed E-state index contributed by atoms with van der Waals surface area (Å²) in [5.74, 6) is -2.96. The molecule has 7 aliphatic rings. The number of imide groups is 3. The quantitative estimate of drug-likeness (QED) is 0.00625. The second-order valence-electron chi connectivity index (χ2n) is 35.2. The number of hydrogen-bond acceptors (Lipinski definition) is 19. The highest BCUT2D eigenvalue weighted by Gasteiger charge is 2.48. The molecule has 0 bridgehead atoms. The van der Waals surface area contributed by atoms with Crippen molar-refractivity contribution in [3.05, 3.63) is 283 Å². The molecule has 6 aromatic carbocycles. The van der Waals surface area contributed by atoms with Gasteiger partial charge in [-0.25, -0.2) is 4.79 Å². The van der Waals surface area contributed by atoms with Crippen molar-refractivity contribution in [1.82, 2.24) is 20.2 Å². The van der Waals surface area contributed by atoms with Crippen LogP contribution in [0.1, 0.15) is 190 Å². The number of carbonyl (C=O) groups excluding carboxylic acids is 8. The number of non-ortho nitro benzene ring substituents is 2. The SMILES string of the molecule is CCCN1C(=O)C=CC1=O.Cc1ccc2c(c1)C(C)(C)C(=CC=CC=CC1=[N+](CCCCCC(=O)NCCN3C(=O)C=CC3=O)c3ccc(S(=O)(=O)O)cc3C1(C)C)N2CCCc1ccc([N+](=O)[O-])cc1.Cc1ccc2c(c1)C(C)(C)C(=CC=CC=CC1=[N+](CCCCCC(=O)ON3C(=O)CCC3=O)c3ccc(S(=O)(=O)O)cc3C1(C)C)N2CCCc1ccc([N+](=O)[O-])cc1. The Bertz CT molecular complexity index is 5970. The van der Waals surface area contributed by atoms with E-state index in [0.717, 1.165) is 125 Å². The minimum atomic E-state index is -4.43. The molecule has 13 rings (SSSR count). The zero-order chi connectivity index (χ0) is 94.4. The Morgan fingerprint density at radius 3 is 1.26 bits per heavy atom. The summed E-state index contributed by atoms with van der Waals surface area (Å²) < 4.78 is 72.6. The molecule has 684 valence electrons. The summed E-state index contributed by atoms with van der Waals surface area (Å²) in [6.07, 6.45) is 33.8. The molecule has 7 aliphatic heterocycles. The van der Waals surface area contributed by atoms with Crippen molar-refractivity contribution in [2.45, 2.75) is 204 Å². The molecule has 7 heterocycles. The fraction of sp³-hybridized carbons (Fsp3) is 0.374. The third-order valence-corrected chi connectivity index (χ3v) is 26.2. The van der Waals surface area contributed by atoms with Gasteiger partial charge in [0.25, 0.3) is 67.1 Å². The minimum absolute atomic E-state index is 0.0346. The van der Waals surface area contributed by atoms with Crippen molar-refractivity contribution >= 4 is 113 Å². The first kappa shape index (κ1) is 97.8. The first-order chi connectivity index (χ1) is 61.5. The number of anilines is 2. The Kier molecular flexibility index (Phi) is 31.4. The van der Waals surface area contributed by atoms with Gasteiger partial charge >= 0.3 is 5.97 Å². The molecule has 1 saturated heterocycles. The first-order valence-electron chi connectivity index (χ1n) is 43.8. The van der Waals surface area contributed by atoms with E-state index in [1.54, 1.807) is 42.5 Å². The molecule has 0 atom stereocenters. The van der Waals surface area contributed by atoms with Crippen molar-refractivity contribution in [1.29, 1.82) is 0 Å². The van der Waals surface area contributed by atoms with Gasteiger partial charge in [-0.2, -0.15) is 26.0 Å². The number of allylic oxidation sites excluding steroid dienone is 12. The van der Waals surface area contributed by atoms with Crippen LogP contribution < -0.4 is 15.1 Å². The average Bonchev–Trinajstić information content (AvgIpc) is 1.60. The highest BCUT2D eigenvalue weighted by atomic mass is 32.2. The molecule has 6 aromatic rings. The number of fused-ring (bicyclic) bond motifs is 4. The van der Waals surface area contributed by atoms with E-state index in [9.17, 15) is 84.5 Å². The van der Waals surface area contributed by atoms with Crippen LogP contribution in [0.3, 0.4) is 0 Å². The van der Waals surface area contributed by atoms with Gasteiger partial charge in [-0.15, -0.1) is 5.06 Å². The number of nitro groups is 2. The number of unbranched alkanes of at least 4 members (excludes halogenated alkanes) is 4. The number of benzene rings is 6. The van der Waals surface area contributed by atoms with Crippen LogP contribution in [-0.4, -0.2) is 164 Å². The van der Waals surface area contributed by atoms with Gasteiger partial charge in [0, 0.05) is 189 Å². The summed E-state index contributed by atoms with van der Waals surface area (Å²) in [6.45, 7) is 26.7. The summed E-state index contributed by atoms with van der Waals surface area (Å²) in [6, 6.07) is 35.9. The summed E-state index contributed by atoms with van der Waals surface area (Å²) in [5, 5.41) is 25.6. The lowest BCUT2D eigenvalue weighted by Crippen LogP contribution is -2.38. The summed E-state index contributed by atoms with van der Waals surface area (Å²) in [7, 11) is -8.85. The number of nitrogens with one attached hydrogen (secondary N) is 1. The van der Waals surface area contributed by atoms with E-state index in [4.69, 9.17) is 4.84 Å². The van der Waals surface area contributed by atoms with Crippen LogP contribution in [0.5, 0.6) is 0 Å². The normalized spacial score (nSPS) is 17.6. The van der Waals surface area contributed by atoms with E-state index in [0.29, 0.717) is 56.8 Å². The van der Waals surface area contributed by atoms with E-state index >= 15 is 0 Å². The first-order valence-corrected chi connectivity index (χ1v) is 46.7. The Hall–Kier alpha value is -12.8. The summed E-state index contributed by atoms with van der Waals surface area (Å²) in [5.41, 5.74) is 15.1. The number of carbonyl (C=O) groups is 8. The molecule has 130 heavy (non-hydrogen) atoms. The molecule has 0 unspecified atom stereocenters. The van der Waals surface area contributed by atoms with E-state index < -0.39 is 48.8 Å². The zero-order valence-corrected chi connectivity index (χ0v) is 77.0. The Morgan fingerprint density at radius 2 is 0.869 bits per heavy atom. The highest BCUT2D eigenvalue weighted by molar-refractivity contribution is 7.86.